The van der Waals surface area contributed by atoms with Crippen LogP contribution in [-0.4, -0.2) is 64.6 Å². The summed E-state index contributed by atoms with van der Waals surface area (Å²) in [5.74, 6) is -0.111. The van der Waals surface area contributed by atoms with E-state index < -0.39 is 0 Å². The molecule has 1 aromatic carbocycles. The predicted molar refractivity (Wildman–Crippen MR) is 96.2 cm³/mol. The average molecular weight is 373 g/mol. The summed E-state index contributed by atoms with van der Waals surface area (Å²) in [4.78, 5) is 35.8. The molecule has 0 aliphatic carbocycles. The third-order valence-corrected chi connectivity index (χ3v) is 4.08. The number of rotatable bonds is 4. The van der Waals surface area contributed by atoms with Crippen LogP contribution in [0.2, 0.25) is 0 Å². The molecule has 1 aliphatic heterocycles. The second-order valence-corrected chi connectivity index (χ2v) is 5.90. The van der Waals surface area contributed by atoms with E-state index in [1.54, 1.807) is 28.9 Å². The SMILES string of the molecule is CCOC(=O)N1CCN(C(=O)c2cnc(Nc3ccc(F)cc3)cn2)CC1. The second kappa shape index (κ2) is 8.43. The van der Waals surface area contributed by atoms with Crippen LogP contribution in [0.15, 0.2) is 36.7 Å². The van der Waals surface area contributed by atoms with Gasteiger partial charge < -0.3 is 19.9 Å². The van der Waals surface area contributed by atoms with Crippen LogP contribution >= 0.6 is 0 Å². The summed E-state index contributed by atoms with van der Waals surface area (Å²) in [6, 6.07) is 5.84. The Hall–Kier alpha value is -3.23. The van der Waals surface area contributed by atoms with Crippen molar-refractivity contribution in [2.75, 3.05) is 38.1 Å². The van der Waals surface area contributed by atoms with Crippen molar-refractivity contribution in [1.82, 2.24) is 19.8 Å². The van der Waals surface area contributed by atoms with Crippen LogP contribution in [0.3, 0.4) is 0 Å². The Balaban J connectivity index is 1.56. The van der Waals surface area contributed by atoms with Crippen LogP contribution in [0, 0.1) is 5.82 Å². The fourth-order valence-electron chi connectivity index (χ4n) is 2.65. The van der Waals surface area contributed by atoms with Crippen molar-refractivity contribution in [2.45, 2.75) is 6.92 Å². The van der Waals surface area contributed by atoms with E-state index in [0.29, 0.717) is 44.3 Å². The monoisotopic (exact) mass is 373 g/mol. The first-order valence-corrected chi connectivity index (χ1v) is 8.62. The Bertz CT molecular complexity index is 790. The number of carbonyl (C=O) groups excluding carboxylic acids is 2. The van der Waals surface area contributed by atoms with E-state index in [9.17, 15) is 14.0 Å². The Morgan fingerprint density at radius 3 is 2.33 bits per heavy atom. The molecule has 2 amide bonds. The van der Waals surface area contributed by atoms with Crippen LogP contribution < -0.4 is 5.32 Å². The van der Waals surface area contributed by atoms with Crippen molar-refractivity contribution in [3.8, 4) is 0 Å². The molecule has 0 saturated carbocycles. The number of ether oxygens (including phenoxy) is 1. The molecule has 2 heterocycles. The van der Waals surface area contributed by atoms with Crippen molar-refractivity contribution in [1.29, 1.82) is 0 Å². The average Bonchev–Trinajstić information content (AvgIpc) is 2.70. The first-order valence-electron chi connectivity index (χ1n) is 8.62. The number of piperazine rings is 1. The fourth-order valence-corrected chi connectivity index (χ4v) is 2.65. The number of amides is 2. The van der Waals surface area contributed by atoms with Crippen LogP contribution in [0.4, 0.5) is 20.7 Å². The molecule has 1 aliphatic rings. The van der Waals surface area contributed by atoms with Gasteiger partial charge in [0, 0.05) is 31.9 Å². The van der Waals surface area contributed by atoms with Crippen LogP contribution in [-0.2, 0) is 4.74 Å². The van der Waals surface area contributed by atoms with Crippen LogP contribution in [0.25, 0.3) is 0 Å². The molecule has 2 aromatic rings. The topological polar surface area (TPSA) is 87.7 Å². The zero-order valence-electron chi connectivity index (χ0n) is 14.9. The van der Waals surface area contributed by atoms with Gasteiger partial charge in [-0.2, -0.15) is 0 Å². The maximum Gasteiger partial charge on any atom is 0.409 e. The fraction of sp³-hybridized carbons (Fsp3) is 0.333. The van der Waals surface area contributed by atoms with Gasteiger partial charge in [0.25, 0.3) is 5.91 Å². The third kappa shape index (κ3) is 4.69. The van der Waals surface area contributed by atoms with Gasteiger partial charge in [-0.3, -0.25) is 4.79 Å². The summed E-state index contributed by atoms with van der Waals surface area (Å²) in [6.07, 6.45) is 2.48. The van der Waals surface area contributed by atoms with Gasteiger partial charge in [0.2, 0.25) is 0 Å². The molecule has 0 bridgehead atoms. The number of nitrogens with zero attached hydrogens (tertiary/aromatic N) is 4. The Kier molecular flexibility index (Phi) is 5.80. The molecule has 3 rings (SSSR count). The number of halogens is 1. The lowest BCUT2D eigenvalue weighted by atomic mass is 10.3. The standard InChI is InChI=1S/C18H20FN5O3/c1-2-27-18(26)24-9-7-23(8-10-24)17(25)15-11-21-16(12-20-15)22-14-5-3-13(19)4-6-14/h3-6,11-12H,2,7-10H2,1H3,(H,21,22). The molecular weight excluding hydrogens is 353 g/mol. The molecule has 0 radical (unpaired) electrons. The molecular formula is C18H20FN5O3. The van der Waals surface area contributed by atoms with E-state index >= 15 is 0 Å². The van der Waals surface area contributed by atoms with Gasteiger partial charge in [-0.15, -0.1) is 0 Å². The number of nitrogens with one attached hydrogen (secondary N) is 1. The molecule has 0 atom stereocenters. The van der Waals surface area contributed by atoms with Gasteiger partial charge in [-0.05, 0) is 31.2 Å². The summed E-state index contributed by atoms with van der Waals surface area (Å²) < 4.78 is 17.9. The van der Waals surface area contributed by atoms with Crippen LogP contribution in [0.5, 0.6) is 0 Å². The first-order chi connectivity index (χ1) is 13.1. The number of anilines is 2. The molecule has 1 N–H and O–H groups in total. The maximum atomic E-state index is 12.9. The highest BCUT2D eigenvalue weighted by atomic mass is 19.1. The third-order valence-electron chi connectivity index (χ3n) is 4.08. The highest BCUT2D eigenvalue weighted by Crippen LogP contribution is 2.15. The molecule has 0 spiro atoms. The van der Waals surface area contributed by atoms with Crippen LogP contribution in [0.1, 0.15) is 17.4 Å². The maximum absolute atomic E-state index is 12.9. The Morgan fingerprint density at radius 1 is 1.07 bits per heavy atom. The van der Waals surface area contributed by atoms with E-state index in [1.165, 1.54) is 24.5 Å². The Labute approximate surface area is 156 Å². The van der Waals surface area contributed by atoms with Crippen molar-refractivity contribution >= 4 is 23.5 Å². The molecule has 142 valence electrons. The van der Waals surface area contributed by atoms with Crippen molar-refractivity contribution in [2.24, 2.45) is 0 Å². The summed E-state index contributed by atoms with van der Waals surface area (Å²) in [5.41, 5.74) is 0.893. The highest BCUT2D eigenvalue weighted by molar-refractivity contribution is 5.92. The summed E-state index contributed by atoms with van der Waals surface area (Å²) >= 11 is 0. The lowest BCUT2D eigenvalue weighted by molar-refractivity contribution is 0.0565. The lowest BCUT2D eigenvalue weighted by Crippen LogP contribution is -2.50. The zero-order valence-corrected chi connectivity index (χ0v) is 14.9. The molecule has 8 nitrogen and oxygen atoms in total. The van der Waals surface area contributed by atoms with E-state index in [2.05, 4.69) is 15.3 Å². The van der Waals surface area contributed by atoms with Gasteiger partial charge in [0.05, 0.1) is 19.0 Å². The molecule has 0 unspecified atom stereocenters. The van der Waals surface area contributed by atoms with E-state index in [4.69, 9.17) is 4.74 Å². The normalized spacial score (nSPS) is 14.0. The highest BCUT2D eigenvalue weighted by Gasteiger charge is 2.26. The van der Waals surface area contributed by atoms with Crippen molar-refractivity contribution in [3.63, 3.8) is 0 Å². The number of benzene rings is 1. The molecule has 1 aromatic heterocycles. The first kappa shape index (κ1) is 18.6. The minimum absolute atomic E-state index is 0.226. The van der Waals surface area contributed by atoms with Gasteiger partial charge >= 0.3 is 6.09 Å². The molecule has 9 heteroatoms. The number of hydrogen-bond donors (Lipinski definition) is 1. The van der Waals surface area contributed by atoms with Gasteiger partial charge in [-0.25, -0.2) is 19.2 Å². The molecule has 1 saturated heterocycles. The lowest BCUT2D eigenvalue weighted by Gasteiger charge is -2.33. The quantitative estimate of drug-likeness (QED) is 0.885. The summed E-state index contributed by atoms with van der Waals surface area (Å²) in [7, 11) is 0. The van der Waals surface area contributed by atoms with Gasteiger partial charge in [0.1, 0.15) is 17.3 Å². The predicted octanol–water partition coefficient (Wildman–Crippen LogP) is 2.27. The van der Waals surface area contributed by atoms with Gasteiger partial charge in [-0.1, -0.05) is 0 Å². The second-order valence-electron chi connectivity index (χ2n) is 5.90. The summed E-state index contributed by atoms with van der Waals surface area (Å²) in [5, 5.41) is 2.98. The van der Waals surface area contributed by atoms with E-state index in [-0.39, 0.29) is 23.5 Å². The minimum atomic E-state index is -0.361. The van der Waals surface area contributed by atoms with Crippen molar-refractivity contribution in [3.05, 3.63) is 48.2 Å². The largest absolute Gasteiger partial charge is 0.450 e. The number of carbonyl (C=O) groups is 2. The van der Waals surface area contributed by atoms with Gasteiger partial charge in [0.15, 0.2) is 0 Å². The smallest absolute Gasteiger partial charge is 0.409 e. The number of aromatic nitrogens is 2. The molecule has 1 fully saturated rings. The van der Waals surface area contributed by atoms with E-state index in [1.807, 2.05) is 0 Å². The number of hydrogen-bond acceptors (Lipinski definition) is 6. The Morgan fingerprint density at radius 2 is 1.74 bits per heavy atom. The van der Waals surface area contributed by atoms with E-state index in [0.717, 1.165) is 0 Å². The minimum Gasteiger partial charge on any atom is -0.450 e. The molecule has 27 heavy (non-hydrogen) atoms. The van der Waals surface area contributed by atoms with Crippen molar-refractivity contribution < 1.29 is 18.7 Å². The zero-order chi connectivity index (χ0) is 19.2. The summed E-state index contributed by atoms with van der Waals surface area (Å²) in [6.45, 7) is 3.74.